The Hall–Kier alpha value is -0.870. The van der Waals surface area contributed by atoms with Gasteiger partial charge in [-0.3, -0.25) is 14.6 Å². The highest BCUT2D eigenvalue weighted by Crippen LogP contribution is 2.14. The first-order chi connectivity index (χ1) is 10.5. The summed E-state index contributed by atoms with van der Waals surface area (Å²) in [7, 11) is 3.71. The number of halogens is 1. The molecule has 132 valence electrons. The summed E-state index contributed by atoms with van der Waals surface area (Å²) in [6.45, 7) is 9.65. The molecule has 0 atom stereocenters. The molecule has 1 aromatic heterocycles. The maximum absolute atomic E-state index is 5.43. The Kier molecular flexibility index (Phi) is 8.27. The zero-order valence-corrected chi connectivity index (χ0v) is 16.8. The van der Waals surface area contributed by atoms with E-state index in [1.807, 2.05) is 19.4 Å². The molecular weight excluding hydrogens is 407 g/mol. The van der Waals surface area contributed by atoms with Gasteiger partial charge < -0.3 is 15.4 Å². The van der Waals surface area contributed by atoms with Gasteiger partial charge in [-0.25, -0.2) is 0 Å². The minimum absolute atomic E-state index is 0. The number of nitrogens with zero attached hydrogens (tertiary/aromatic N) is 4. The number of nitrogens with one attached hydrogen (secondary N) is 2. The number of aryl methyl sites for hydroxylation is 1. The molecule has 8 heteroatoms. The summed E-state index contributed by atoms with van der Waals surface area (Å²) in [5.41, 5.74) is 1.20. The summed E-state index contributed by atoms with van der Waals surface area (Å²) >= 11 is 0. The molecule has 0 amide bonds. The van der Waals surface area contributed by atoms with Crippen LogP contribution in [0.15, 0.2) is 17.4 Å². The summed E-state index contributed by atoms with van der Waals surface area (Å²) in [6.07, 6.45) is 3.86. The van der Waals surface area contributed by atoms with Crippen LogP contribution in [-0.2, 0) is 18.3 Å². The smallest absolute Gasteiger partial charge is 0.191 e. The average molecular weight is 436 g/mol. The number of rotatable bonds is 5. The van der Waals surface area contributed by atoms with Crippen molar-refractivity contribution in [2.75, 3.05) is 39.9 Å². The molecule has 0 saturated carbocycles. The van der Waals surface area contributed by atoms with E-state index in [0.717, 1.165) is 44.4 Å². The summed E-state index contributed by atoms with van der Waals surface area (Å²) in [5.74, 6) is 0.810. The number of aliphatic imine (C=N–C) groups is 1. The molecule has 1 saturated heterocycles. The van der Waals surface area contributed by atoms with Gasteiger partial charge in [0.1, 0.15) is 0 Å². The summed E-state index contributed by atoms with van der Waals surface area (Å²) < 4.78 is 7.23. The molecule has 0 aliphatic carbocycles. The van der Waals surface area contributed by atoms with Gasteiger partial charge in [-0.2, -0.15) is 5.10 Å². The third-order valence-corrected chi connectivity index (χ3v) is 4.00. The quantitative estimate of drug-likeness (QED) is 0.407. The van der Waals surface area contributed by atoms with Crippen molar-refractivity contribution >= 4 is 29.9 Å². The van der Waals surface area contributed by atoms with Crippen molar-refractivity contribution in [3.05, 3.63) is 18.0 Å². The SMILES string of the molecule is CN=C(NCc1cnn(C)c1)NCC(C)(C)N1CCOCC1.I. The molecule has 1 aromatic rings. The van der Waals surface area contributed by atoms with Crippen LogP contribution < -0.4 is 10.6 Å². The van der Waals surface area contributed by atoms with Gasteiger partial charge in [0, 0.05) is 57.6 Å². The number of ether oxygens (including phenoxy) is 1. The van der Waals surface area contributed by atoms with Crippen LogP contribution >= 0.6 is 24.0 Å². The van der Waals surface area contributed by atoms with Crippen molar-refractivity contribution in [3.63, 3.8) is 0 Å². The van der Waals surface area contributed by atoms with Gasteiger partial charge in [0.15, 0.2) is 5.96 Å². The lowest BCUT2D eigenvalue weighted by Gasteiger charge is -2.41. The van der Waals surface area contributed by atoms with Gasteiger partial charge in [-0.15, -0.1) is 24.0 Å². The third-order valence-electron chi connectivity index (χ3n) is 4.00. The van der Waals surface area contributed by atoms with E-state index < -0.39 is 0 Å². The highest BCUT2D eigenvalue weighted by molar-refractivity contribution is 14.0. The van der Waals surface area contributed by atoms with E-state index >= 15 is 0 Å². The largest absolute Gasteiger partial charge is 0.379 e. The van der Waals surface area contributed by atoms with E-state index in [0.29, 0.717) is 6.54 Å². The van der Waals surface area contributed by atoms with Gasteiger partial charge in [-0.05, 0) is 13.8 Å². The molecule has 1 fully saturated rings. The number of morpholine rings is 1. The number of aromatic nitrogens is 2. The van der Waals surface area contributed by atoms with Gasteiger partial charge in [0.25, 0.3) is 0 Å². The molecule has 1 aliphatic rings. The Morgan fingerprint density at radius 3 is 2.61 bits per heavy atom. The fourth-order valence-corrected chi connectivity index (χ4v) is 2.55. The summed E-state index contributed by atoms with van der Waals surface area (Å²) in [4.78, 5) is 6.74. The standard InChI is InChI=1S/C15H28N6O.HI/c1-15(2,21-5-7-22-8-6-21)12-18-14(16-3)17-9-13-10-19-20(4)11-13;/h10-11H,5-9,12H2,1-4H3,(H2,16,17,18);1H. The van der Waals surface area contributed by atoms with Crippen LogP contribution in [0.25, 0.3) is 0 Å². The molecule has 0 radical (unpaired) electrons. The Labute approximate surface area is 155 Å². The zero-order valence-electron chi connectivity index (χ0n) is 14.5. The van der Waals surface area contributed by atoms with E-state index in [1.165, 1.54) is 0 Å². The minimum Gasteiger partial charge on any atom is -0.379 e. The van der Waals surface area contributed by atoms with E-state index in [-0.39, 0.29) is 29.5 Å². The summed E-state index contributed by atoms with van der Waals surface area (Å²) in [6, 6.07) is 0. The predicted octanol–water partition coefficient (Wildman–Crippen LogP) is 0.814. The van der Waals surface area contributed by atoms with Gasteiger partial charge in [0.2, 0.25) is 0 Å². The van der Waals surface area contributed by atoms with E-state index in [4.69, 9.17) is 4.74 Å². The van der Waals surface area contributed by atoms with Crippen molar-refractivity contribution in [3.8, 4) is 0 Å². The highest BCUT2D eigenvalue weighted by Gasteiger charge is 2.28. The van der Waals surface area contributed by atoms with Crippen LogP contribution in [-0.4, -0.2) is 66.1 Å². The molecule has 2 heterocycles. The number of hydrogen-bond donors (Lipinski definition) is 2. The van der Waals surface area contributed by atoms with Crippen molar-refractivity contribution in [1.29, 1.82) is 0 Å². The molecule has 0 bridgehead atoms. The van der Waals surface area contributed by atoms with Crippen LogP contribution in [0.5, 0.6) is 0 Å². The zero-order chi connectivity index (χ0) is 16.0. The lowest BCUT2D eigenvalue weighted by atomic mass is 10.0. The first-order valence-electron chi connectivity index (χ1n) is 7.76. The number of guanidine groups is 1. The van der Waals surface area contributed by atoms with Crippen molar-refractivity contribution < 1.29 is 4.74 Å². The summed E-state index contributed by atoms with van der Waals surface area (Å²) in [5, 5.41) is 10.9. The van der Waals surface area contributed by atoms with Crippen LogP contribution in [0.1, 0.15) is 19.4 Å². The third kappa shape index (κ3) is 6.27. The molecule has 23 heavy (non-hydrogen) atoms. The fraction of sp³-hybridized carbons (Fsp3) is 0.733. The highest BCUT2D eigenvalue weighted by atomic mass is 127. The van der Waals surface area contributed by atoms with E-state index in [9.17, 15) is 0 Å². The predicted molar refractivity (Wildman–Crippen MR) is 103 cm³/mol. The lowest BCUT2D eigenvalue weighted by Crippen LogP contribution is -2.56. The van der Waals surface area contributed by atoms with Crippen molar-refractivity contribution in [2.45, 2.75) is 25.9 Å². The van der Waals surface area contributed by atoms with Gasteiger partial charge >= 0.3 is 0 Å². The molecule has 2 rings (SSSR count). The maximum Gasteiger partial charge on any atom is 0.191 e. The Morgan fingerprint density at radius 2 is 2.04 bits per heavy atom. The molecule has 0 spiro atoms. The normalized spacial score (nSPS) is 16.8. The van der Waals surface area contributed by atoms with E-state index in [2.05, 4.69) is 39.5 Å². The molecule has 0 unspecified atom stereocenters. The molecule has 1 aliphatic heterocycles. The second kappa shape index (κ2) is 9.43. The Bertz CT molecular complexity index is 496. The van der Waals surface area contributed by atoms with Crippen LogP contribution in [0.2, 0.25) is 0 Å². The van der Waals surface area contributed by atoms with E-state index in [1.54, 1.807) is 11.7 Å². The molecule has 2 N–H and O–H groups in total. The monoisotopic (exact) mass is 436 g/mol. The van der Waals surface area contributed by atoms with Crippen molar-refractivity contribution in [1.82, 2.24) is 25.3 Å². The fourth-order valence-electron chi connectivity index (χ4n) is 2.55. The first-order valence-corrected chi connectivity index (χ1v) is 7.76. The molecule has 7 nitrogen and oxygen atoms in total. The second-order valence-corrected chi connectivity index (χ2v) is 6.21. The van der Waals surface area contributed by atoms with Crippen LogP contribution in [0.3, 0.4) is 0 Å². The minimum atomic E-state index is 0. The average Bonchev–Trinajstić information content (AvgIpc) is 2.94. The van der Waals surface area contributed by atoms with Crippen LogP contribution in [0.4, 0.5) is 0 Å². The molecular formula is C15H29IN6O. The maximum atomic E-state index is 5.43. The van der Waals surface area contributed by atoms with Gasteiger partial charge in [-0.1, -0.05) is 0 Å². The first kappa shape index (κ1) is 20.2. The number of hydrogen-bond acceptors (Lipinski definition) is 4. The van der Waals surface area contributed by atoms with Gasteiger partial charge in [0.05, 0.1) is 19.4 Å². The topological polar surface area (TPSA) is 66.7 Å². The lowest BCUT2D eigenvalue weighted by molar-refractivity contribution is -0.00834. The Balaban J connectivity index is 0.00000264. The van der Waals surface area contributed by atoms with Crippen molar-refractivity contribution in [2.24, 2.45) is 12.0 Å². The Morgan fingerprint density at radius 1 is 1.35 bits per heavy atom. The second-order valence-electron chi connectivity index (χ2n) is 6.21. The van der Waals surface area contributed by atoms with Crippen LogP contribution in [0, 0.1) is 0 Å². The molecule has 0 aromatic carbocycles.